The van der Waals surface area contributed by atoms with E-state index in [9.17, 15) is 4.79 Å². The summed E-state index contributed by atoms with van der Waals surface area (Å²) in [6.45, 7) is 4.47. The summed E-state index contributed by atoms with van der Waals surface area (Å²) in [7, 11) is 1.55. The van der Waals surface area contributed by atoms with Crippen molar-refractivity contribution in [2.75, 3.05) is 26.7 Å². The van der Waals surface area contributed by atoms with Gasteiger partial charge >= 0.3 is 0 Å². The molecule has 0 saturated carbocycles. The fourth-order valence-electron chi connectivity index (χ4n) is 3.19. The Labute approximate surface area is 152 Å². The van der Waals surface area contributed by atoms with Crippen molar-refractivity contribution < 1.29 is 13.9 Å². The van der Waals surface area contributed by atoms with Crippen molar-refractivity contribution in [1.82, 2.24) is 10.2 Å². The van der Waals surface area contributed by atoms with Crippen molar-refractivity contribution >= 4 is 17.5 Å². The Morgan fingerprint density at radius 1 is 1.32 bits per heavy atom. The molecule has 1 aliphatic heterocycles. The van der Waals surface area contributed by atoms with Crippen LogP contribution in [-0.2, 0) is 0 Å². The van der Waals surface area contributed by atoms with Gasteiger partial charge in [-0.2, -0.15) is 0 Å². The van der Waals surface area contributed by atoms with Crippen molar-refractivity contribution in [3.05, 3.63) is 52.4 Å². The van der Waals surface area contributed by atoms with E-state index in [0.29, 0.717) is 22.9 Å². The van der Waals surface area contributed by atoms with Gasteiger partial charge in [-0.15, -0.1) is 0 Å². The number of furan rings is 1. The average molecular weight is 363 g/mol. The van der Waals surface area contributed by atoms with E-state index < -0.39 is 0 Å². The molecule has 0 unspecified atom stereocenters. The molecule has 1 N–H and O–H groups in total. The number of amides is 1. The lowest BCUT2D eigenvalue weighted by atomic mass is 10.1. The number of carbonyl (C=O) groups is 1. The highest BCUT2D eigenvalue weighted by molar-refractivity contribution is 6.32. The monoisotopic (exact) mass is 362 g/mol. The number of aryl methyl sites for hydroxylation is 1. The summed E-state index contributed by atoms with van der Waals surface area (Å²) in [5.41, 5.74) is 0.515. The van der Waals surface area contributed by atoms with Crippen LogP contribution in [-0.4, -0.2) is 37.6 Å². The molecule has 5 nitrogen and oxygen atoms in total. The maximum Gasteiger partial charge on any atom is 0.251 e. The van der Waals surface area contributed by atoms with Gasteiger partial charge in [0.2, 0.25) is 0 Å². The first-order chi connectivity index (χ1) is 12.1. The van der Waals surface area contributed by atoms with E-state index in [1.807, 2.05) is 19.1 Å². The number of rotatable bonds is 6. The third-order valence-corrected chi connectivity index (χ3v) is 4.84. The SMILES string of the molecule is COc1ccc(C(=O)NC[C@@H](c2ccc(C)o2)N2CCCC2)cc1Cl. The summed E-state index contributed by atoms with van der Waals surface area (Å²) in [5, 5.41) is 3.43. The van der Waals surface area contributed by atoms with Crippen molar-refractivity contribution in [3.8, 4) is 5.75 Å². The summed E-state index contributed by atoms with van der Waals surface area (Å²) < 4.78 is 10.9. The molecule has 1 saturated heterocycles. The predicted molar refractivity (Wildman–Crippen MR) is 97.3 cm³/mol. The van der Waals surface area contributed by atoms with E-state index in [4.69, 9.17) is 20.8 Å². The molecule has 25 heavy (non-hydrogen) atoms. The van der Waals surface area contributed by atoms with Gasteiger partial charge in [-0.05, 0) is 63.2 Å². The van der Waals surface area contributed by atoms with Crippen LogP contribution in [0.4, 0.5) is 0 Å². The summed E-state index contributed by atoms with van der Waals surface area (Å²) in [4.78, 5) is 14.9. The molecule has 134 valence electrons. The van der Waals surface area contributed by atoms with E-state index in [-0.39, 0.29) is 11.9 Å². The molecule has 2 aromatic rings. The number of ether oxygens (including phenoxy) is 1. The lowest BCUT2D eigenvalue weighted by Gasteiger charge is -2.26. The minimum absolute atomic E-state index is 0.0499. The van der Waals surface area contributed by atoms with Crippen LogP contribution < -0.4 is 10.1 Å². The molecular weight excluding hydrogens is 340 g/mol. The van der Waals surface area contributed by atoms with Crippen molar-refractivity contribution in [1.29, 1.82) is 0 Å². The lowest BCUT2D eigenvalue weighted by molar-refractivity contribution is 0.0933. The summed E-state index contributed by atoms with van der Waals surface area (Å²) in [6.07, 6.45) is 2.36. The third-order valence-electron chi connectivity index (χ3n) is 4.54. The molecule has 1 aliphatic rings. The van der Waals surface area contributed by atoms with Gasteiger partial charge in [-0.3, -0.25) is 9.69 Å². The van der Waals surface area contributed by atoms with Crippen LogP contribution in [0, 0.1) is 6.92 Å². The lowest BCUT2D eigenvalue weighted by Crippen LogP contribution is -2.36. The number of carbonyl (C=O) groups excluding carboxylic acids is 1. The summed E-state index contributed by atoms with van der Waals surface area (Å²) >= 11 is 6.11. The van der Waals surface area contributed by atoms with Crippen LogP contribution in [0.5, 0.6) is 5.75 Å². The second-order valence-electron chi connectivity index (χ2n) is 6.27. The number of hydrogen-bond donors (Lipinski definition) is 1. The second kappa shape index (κ2) is 7.93. The molecule has 1 atom stereocenters. The van der Waals surface area contributed by atoms with Crippen molar-refractivity contribution in [3.63, 3.8) is 0 Å². The highest BCUT2D eigenvalue weighted by Crippen LogP contribution is 2.27. The molecule has 3 rings (SSSR count). The first-order valence-electron chi connectivity index (χ1n) is 8.50. The fraction of sp³-hybridized carbons (Fsp3) is 0.421. The second-order valence-corrected chi connectivity index (χ2v) is 6.67. The number of nitrogens with zero attached hydrogens (tertiary/aromatic N) is 1. The Balaban J connectivity index is 1.70. The van der Waals surface area contributed by atoms with Gasteiger partial charge in [-0.25, -0.2) is 0 Å². The van der Waals surface area contributed by atoms with E-state index in [0.717, 1.165) is 24.6 Å². The highest BCUT2D eigenvalue weighted by Gasteiger charge is 2.26. The van der Waals surface area contributed by atoms with Gasteiger partial charge in [0.25, 0.3) is 5.91 Å². The first-order valence-corrected chi connectivity index (χ1v) is 8.88. The van der Waals surface area contributed by atoms with E-state index in [1.165, 1.54) is 12.8 Å². The van der Waals surface area contributed by atoms with Gasteiger partial charge in [0.15, 0.2) is 0 Å². The average Bonchev–Trinajstić information content (AvgIpc) is 3.27. The zero-order chi connectivity index (χ0) is 17.8. The van der Waals surface area contributed by atoms with E-state index >= 15 is 0 Å². The molecule has 0 radical (unpaired) electrons. The van der Waals surface area contributed by atoms with Crippen molar-refractivity contribution in [2.24, 2.45) is 0 Å². The number of nitrogens with one attached hydrogen (secondary N) is 1. The van der Waals surface area contributed by atoms with Crippen LogP contribution in [0.3, 0.4) is 0 Å². The number of methoxy groups -OCH3 is 1. The molecular formula is C19H23ClN2O3. The maximum absolute atomic E-state index is 12.5. The van der Waals surface area contributed by atoms with Crippen LogP contribution in [0.15, 0.2) is 34.7 Å². The first kappa shape index (κ1) is 17.8. The van der Waals surface area contributed by atoms with Crippen LogP contribution in [0.25, 0.3) is 0 Å². The van der Waals surface area contributed by atoms with Crippen LogP contribution >= 0.6 is 11.6 Å². The highest BCUT2D eigenvalue weighted by atomic mass is 35.5. The Kier molecular flexibility index (Phi) is 5.66. The Bertz CT molecular complexity index is 738. The predicted octanol–water partition coefficient (Wildman–Crippen LogP) is 3.82. The molecule has 0 bridgehead atoms. The van der Waals surface area contributed by atoms with E-state index in [2.05, 4.69) is 10.2 Å². The van der Waals surface area contributed by atoms with Crippen molar-refractivity contribution in [2.45, 2.75) is 25.8 Å². The van der Waals surface area contributed by atoms with Crippen LogP contribution in [0.2, 0.25) is 5.02 Å². The maximum atomic E-state index is 12.5. The third kappa shape index (κ3) is 4.17. The Morgan fingerprint density at radius 3 is 2.68 bits per heavy atom. The van der Waals surface area contributed by atoms with Gasteiger partial charge in [-0.1, -0.05) is 11.6 Å². The molecule has 2 heterocycles. The van der Waals surface area contributed by atoms with Gasteiger partial charge < -0.3 is 14.5 Å². The Hall–Kier alpha value is -1.98. The minimum atomic E-state index is -0.156. The van der Waals surface area contributed by atoms with Gasteiger partial charge in [0, 0.05) is 12.1 Å². The number of halogens is 1. The Morgan fingerprint density at radius 2 is 2.08 bits per heavy atom. The quantitative estimate of drug-likeness (QED) is 0.848. The zero-order valence-corrected chi connectivity index (χ0v) is 15.3. The molecule has 6 heteroatoms. The minimum Gasteiger partial charge on any atom is -0.495 e. The molecule has 1 aromatic carbocycles. The van der Waals surface area contributed by atoms with Crippen LogP contribution in [0.1, 0.15) is 40.8 Å². The molecule has 1 aromatic heterocycles. The zero-order valence-electron chi connectivity index (χ0n) is 14.5. The molecule has 1 fully saturated rings. The van der Waals surface area contributed by atoms with Gasteiger partial charge in [0.05, 0.1) is 18.2 Å². The number of benzene rings is 1. The fourth-order valence-corrected chi connectivity index (χ4v) is 3.45. The topological polar surface area (TPSA) is 54.7 Å². The largest absolute Gasteiger partial charge is 0.495 e. The molecule has 0 spiro atoms. The van der Waals surface area contributed by atoms with Gasteiger partial charge in [0.1, 0.15) is 17.3 Å². The smallest absolute Gasteiger partial charge is 0.251 e. The summed E-state index contributed by atoms with van der Waals surface area (Å²) in [6, 6.07) is 9.04. The summed E-state index contributed by atoms with van der Waals surface area (Å²) in [5.74, 6) is 2.18. The normalized spacial score (nSPS) is 16.0. The number of hydrogen-bond acceptors (Lipinski definition) is 4. The van der Waals surface area contributed by atoms with E-state index in [1.54, 1.807) is 25.3 Å². The standard InChI is InChI=1S/C19H23ClN2O3/c1-13-5-7-18(25-13)16(22-9-3-4-10-22)12-21-19(23)14-6-8-17(24-2)15(20)11-14/h5-8,11,16H,3-4,9-10,12H2,1-2H3,(H,21,23)/t16-/m0/s1. The number of likely N-dealkylation sites (tertiary alicyclic amines) is 1. The molecule has 0 aliphatic carbocycles. The molecule has 1 amide bonds.